The van der Waals surface area contributed by atoms with E-state index in [9.17, 15) is 27.2 Å². The van der Waals surface area contributed by atoms with E-state index in [1.54, 1.807) is 18.2 Å². The molecule has 0 fully saturated rings. The van der Waals surface area contributed by atoms with Crippen LogP contribution in [0.1, 0.15) is 15.9 Å². The standard InChI is InChI=1S/C22H16F4N2O4/c1-31-20(29)13-3-2-4-17(11-13)32-16-8-6-15(7-9-16)27-21(30)28-19-12-14(22(24,25)26)5-10-18(19)23/h2-12H,1H3,(H2,27,28,30). The number of urea groups is 1. The fourth-order valence-electron chi connectivity index (χ4n) is 2.63. The zero-order valence-electron chi connectivity index (χ0n) is 16.5. The van der Waals surface area contributed by atoms with Crippen molar-refractivity contribution in [2.24, 2.45) is 0 Å². The lowest BCUT2D eigenvalue weighted by molar-refractivity contribution is -0.137. The number of halogens is 4. The average molecular weight is 448 g/mol. The number of hydrogen-bond acceptors (Lipinski definition) is 4. The predicted molar refractivity (Wildman–Crippen MR) is 108 cm³/mol. The number of nitrogens with one attached hydrogen (secondary N) is 2. The molecule has 2 N–H and O–H groups in total. The predicted octanol–water partition coefficient (Wildman–Crippen LogP) is 6.07. The first-order valence-corrected chi connectivity index (χ1v) is 9.07. The Morgan fingerprint density at radius 2 is 1.59 bits per heavy atom. The van der Waals surface area contributed by atoms with Crippen molar-refractivity contribution in [3.63, 3.8) is 0 Å². The minimum absolute atomic E-state index is 0.283. The number of ether oxygens (including phenoxy) is 2. The molecule has 0 unspecified atom stereocenters. The smallest absolute Gasteiger partial charge is 0.416 e. The number of alkyl halides is 3. The topological polar surface area (TPSA) is 76.7 Å². The van der Waals surface area contributed by atoms with Crippen LogP contribution in [0.2, 0.25) is 0 Å². The lowest BCUT2D eigenvalue weighted by atomic mass is 10.2. The first-order chi connectivity index (χ1) is 15.2. The molecule has 0 saturated carbocycles. The van der Waals surface area contributed by atoms with Crippen LogP contribution in [0.5, 0.6) is 11.5 Å². The van der Waals surface area contributed by atoms with Gasteiger partial charge in [0.15, 0.2) is 0 Å². The van der Waals surface area contributed by atoms with Gasteiger partial charge in [-0.1, -0.05) is 6.07 Å². The summed E-state index contributed by atoms with van der Waals surface area (Å²) in [6.45, 7) is 0. The molecule has 0 spiro atoms. The van der Waals surface area contributed by atoms with Crippen molar-refractivity contribution in [2.75, 3.05) is 17.7 Å². The van der Waals surface area contributed by atoms with E-state index in [4.69, 9.17) is 4.74 Å². The molecule has 0 heterocycles. The summed E-state index contributed by atoms with van der Waals surface area (Å²) < 4.78 is 62.4. The Morgan fingerprint density at radius 1 is 0.875 bits per heavy atom. The number of benzene rings is 3. The largest absolute Gasteiger partial charge is 0.465 e. The number of esters is 1. The fourth-order valence-corrected chi connectivity index (χ4v) is 2.63. The summed E-state index contributed by atoms with van der Waals surface area (Å²) in [6.07, 6.45) is -4.67. The van der Waals surface area contributed by atoms with Gasteiger partial charge in [-0.15, -0.1) is 0 Å². The molecule has 10 heteroatoms. The molecule has 3 aromatic carbocycles. The fraction of sp³-hybridized carbons (Fsp3) is 0.0909. The number of rotatable bonds is 5. The van der Waals surface area contributed by atoms with Crippen LogP contribution in [-0.2, 0) is 10.9 Å². The second-order valence-electron chi connectivity index (χ2n) is 6.42. The third-order valence-corrected chi connectivity index (χ3v) is 4.14. The molecule has 0 aromatic heterocycles. The Kier molecular flexibility index (Phi) is 6.62. The number of carbonyl (C=O) groups is 2. The van der Waals surface area contributed by atoms with Crippen LogP contribution in [0.4, 0.5) is 33.7 Å². The van der Waals surface area contributed by atoms with E-state index in [1.165, 1.54) is 37.4 Å². The minimum atomic E-state index is -4.67. The summed E-state index contributed by atoms with van der Waals surface area (Å²) in [7, 11) is 1.26. The molecule has 6 nitrogen and oxygen atoms in total. The van der Waals surface area contributed by atoms with Crippen molar-refractivity contribution in [1.29, 1.82) is 0 Å². The van der Waals surface area contributed by atoms with Crippen LogP contribution in [0.3, 0.4) is 0 Å². The van der Waals surface area contributed by atoms with Crippen molar-refractivity contribution >= 4 is 23.4 Å². The second kappa shape index (κ2) is 9.38. The Labute approximate surface area is 179 Å². The first kappa shape index (κ1) is 22.6. The summed E-state index contributed by atoms with van der Waals surface area (Å²) >= 11 is 0. The monoisotopic (exact) mass is 448 g/mol. The van der Waals surface area contributed by atoms with Crippen molar-refractivity contribution in [2.45, 2.75) is 6.18 Å². The maximum absolute atomic E-state index is 13.8. The van der Waals surface area contributed by atoms with Crippen LogP contribution in [0.25, 0.3) is 0 Å². The van der Waals surface area contributed by atoms with Crippen LogP contribution in [0.15, 0.2) is 66.7 Å². The van der Waals surface area contributed by atoms with Gasteiger partial charge in [0.05, 0.1) is 23.9 Å². The molecule has 0 bridgehead atoms. The first-order valence-electron chi connectivity index (χ1n) is 9.07. The molecule has 0 saturated heterocycles. The van der Waals surface area contributed by atoms with E-state index in [0.717, 1.165) is 0 Å². The van der Waals surface area contributed by atoms with Gasteiger partial charge in [0.25, 0.3) is 0 Å². The Hall–Kier alpha value is -4.08. The third kappa shape index (κ3) is 5.75. The molecule has 3 rings (SSSR count). The van der Waals surface area contributed by atoms with Gasteiger partial charge >= 0.3 is 18.2 Å². The number of amides is 2. The minimum Gasteiger partial charge on any atom is -0.465 e. The quantitative estimate of drug-likeness (QED) is 0.367. The molecule has 166 valence electrons. The maximum Gasteiger partial charge on any atom is 0.416 e. The van der Waals surface area contributed by atoms with Crippen molar-refractivity contribution < 1.29 is 36.6 Å². The Balaban J connectivity index is 1.64. The molecule has 2 amide bonds. The zero-order valence-corrected chi connectivity index (χ0v) is 16.5. The highest BCUT2D eigenvalue weighted by Gasteiger charge is 2.31. The summed E-state index contributed by atoms with van der Waals surface area (Å²) in [5, 5.41) is 4.43. The Bertz CT molecular complexity index is 1130. The van der Waals surface area contributed by atoms with Crippen molar-refractivity contribution in [3.8, 4) is 11.5 Å². The summed E-state index contributed by atoms with van der Waals surface area (Å²) in [4.78, 5) is 23.6. The van der Waals surface area contributed by atoms with E-state index in [1.807, 2.05) is 5.32 Å². The van der Waals surface area contributed by atoms with Crippen LogP contribution in [0, 0.1) is 5.82 Å². The van der Waals surface area contributed by atoms with Crippen molar-refractivity contribution in [3.05, 3.63) is 83.7 Å². The number of anilines is 2. The van der Waals surface area contributed by atoms with Crippen molar-refractivity contribution in [1.82, 2.24) is 0 Å². The number of carbonyl (C=O) groups excluding carboxylic acids is 2. The van der Waals surface area contributed by atoms with Gasteiger partial charge in [0.1, 0.15) is 17.3 Å². The highest BCUT2D eigenvalue weighted by molar-refractivity contribution is 5.99. The van der Waals surface area contributed by atoms with Crippen LogP contribution >= 0.6 is 0 Å². The molecule has 0 aliphatic carbocycles. The average Bonchev–Trinajstić information content (AvgIpc) is 2.75. The zero-order chi connectivity index (χ0) is 23.3. The van der Waals surface area contributed by atoms with Gasteiger partial charge < -0.3 is 20.1 Å². The van der Waals surface area contributed by atoms with E-state index >= 15 is 0 Å². The van der Waals surface area contributed by atoms with Gasteiger partial charge in [-0.2, -0.15) is 13.2 Å². The molecule has 0 aliphatic rings. The second-order valence-corrected chi connectivity index (χ2v) is 6.42. The van der Waals surface area contributed by atoms with Gasteiger partial charge in [-0.05, 0) is 60.7 Å². The molecule has 3 aromatic rings. The van der Waals surface area contributed by atoms with E-state index in [2.05, 4.69) is 10.1 Å². The van der Waals surface area contributed by atoms with E-state index in [0.29, 0.717) is 35.3 Å². The van der Waals surface area contributed by atoms with Gasteiger partial charge in [0.2, 0.25) is 0 Å². The van der Waals surface area contributed by atoms with Gasteiger partial charge in [-0.25, -0.2) is 14.0 Å². The third-order valence-electron chi connectivity index (χ3n) is 4.14. The normalized spacial score (nSPS) is 10.9. The van der Waals surface area contributed by atoms with Gasteiger partial charge in [0, 0.05) is 5.69 Å². The molecular weight excluding hydrogens is 432 g/mol. The molecule has 0 aliphatic heterocycles. The molecular formula is C22H16F4N2O4. The van der Waals surface area contributed by atoms with Crippen LogP contribution in [-0.4, -0.2) is 19.1 Å². The molecule has 32 heavy (non-hydrogen) atoms. The molecule has 0 atom stereocenters. The van der Waals surface area contributed by atoms with Gasteiger partial charge in [-0.3, -0.25) is 0 Å². The molecule has 0 radical (unpaired) electrons. The van der Waals surface area contributed by atoms with E-state index < -0.39 is 35.2 Å². The maximum atomic E-state index is 13.8. The summed E-state index contributed by atoms with van der Waals surface area (Å²) in [6, 6.07) is 13.1. The number of hydrogen-bond donors (Lipinski definition) is 2. The van der Waals surface area contributed by atoms with E-state index in [-0.39, 0.29) is 5.69 Å². The van der Waals surface area contributed by atoms with Crippen LogP contribution < -0.4 is 15.4 Å². The Morgan fingerprint density at radius 3 is 2.25 bits per heavy atom. The number of methoxy groups -OCH3 is 1. The highest BCUT2D eigenvalue weighted by atomic mass is 19.4. The SMILES string of the molecule is COC(=O)c1cccc(Oc2ccc(NC(=O)Nc3cc(C(F)(F)F)ccc3F)cc2)c1. The summed E-state index contributed by atoms with van der Waals surface area (Å²) in [5.74, 6) is -0.752. The summed E-state index contributed by atoms with van der Waals surface area (Å²) in [5.41, 5.74) is -1.11. The highest BCUT2D eigenvalue weighted by Crippen LogP contribution is 2.32. The lowest BCUT2D eigenvalue weighted by Gasteiger charge is -2.12. The lowest BCUT2D eigenvalue weighted by Crippen LogP contribution is -2.20.